The van der Waals surface area contributed by atoms with E-state index in [1.807, 2.05) is 30.3 Å². The summed E-state index contributed by atoms with van der Waals surface area (Å²) < 4.78 is 6.01. The fourth-order valence-corrected chi connectivity index (χ4v) is 3.18. The Morgan fingerprint density at radius 1 is 1.20 bits per heavy atom. The monoisotopic (exact) mass is 446 g/mol. The molecule has 0 aliphatic heterocycles. The Hall–Kier alpha value is -2.61. The van der Waals surface area contributed by atoms with E-state index in [0.29, 0.717) is 16.9 Å². The summed E-state index contributed by atoms with van der Waals surface area (Å²) in [5, 5.41) is 15.9. The van der Waals surface area contributed by atoms with Crippen LogP contribution in [-0.2, 0) is 0 Å². The van der Waals surface area contributed by atoms with Crippen LogP contribution in [0.3, 0.4) is 0 Å². The number of hydrogen-bond acceptors (Lipinski definition) is 4. The lowest BCUT2D eigenvalue weighted by molar-refractivity contribution is 0.0955. The number of benzene rings is 3. The minimum absolute atomic E-state index is 0.107. The van der Waals surface area contributed by atoms with Crippen molar-refractivity contribution in [2.45, 2.75) is 0 Å². The summed E-state index contributed by atoms with van der Waals surface area (Å²) in [4.78, 5) is 12.2. The van der Waals surface area contributed by atoms with Gasteiger partial charge in [-0.2, -0.15) is 5.10 Å². The van der Waals surface area contributed by atoms with Gasteiger partial charge in [0.25, 0.3) is 5.91 Å². The normalized spacial score (nSPS) is 11.0. The average Bonchev–Trinajstić information content (AvgIpc) is 2.63. The van der Waals surface area contributed by atoms with Gasteiger partial charge in [-0.05, 0) is 57.6 Å². The lowest BCUT2D eigenvalue weighted by atomic mass is 10.0. The zero-order valence-corrected chi connectivity index (χ0v) is 15.5. The second kappa shape index (κ2) is 7.52. The number of methoxy groups -OCH3 is 1. The summed E-state index contributed by atoms with van der Waals surface area (Å²) >= 11 is 2.10. The highest BCUT2D eigenvalue weighted by molar-refractivity contribution is 14.1. The fraction of sp³-hybridized carbons (Fsp3) is 0.0526. The smallest absolute Gasteiger partial charge is 0.271 e. The number of ether oxygens (including phenoxy) is 1. The lowest BCUT2D eigenvalue weighted by Crippen LogP contribution is -2.17. The number of phenols is 1. The summed E-state index contributed by atoms with van der Waals surface area (Å²) in [6, 6.07) is 16.2. The summed E-state index contributed by atoms with van der Waals surface area (Å²) in [7, 11) is 1.58. The number of hydrazone groups is 1. The number of phenolic OH excluding ortho intramolecular Hbond substituents is 1. The molecule has 6 heteroatoms. The molecule has 0 saturated heterocycles. The van der Waals surface area contributed by atoms with E-state index in [2.05, 4.69) is 33.1 Å². The molecule has 0 radical (unpaired) electrons. The first-order valence-corrected chi connectivity index (χ1v) is 8.55. The largest absolute Gasteiger partial charge is 0.507 e. The number of halogens is 1. The van der Waals surface area contributed by atoms with Gasteiger partial charge in [0, 0.05) is 11.1 Å². The summed E-state index contributed by atoms with van der Waals surface area (Å²) in [5.41, 5.74) is 3.51. The Balaban J connectivity index is 1.81. The van der Waals surface area contributed by atoms with Crippen molar-refractivity contribution in [2.24, 2.45) is 5.10 Å². The summed E-state index contributed by atoms with van der Waals surface area (Å²) in [6.07, 6.45) is 1.45. The minimum atomic E-state index is -0.337. The minimum Gasteiger partial charge on any atom is -0.507 e. The number of rotatable bonds is 4. The number of carbonyl (C=O) groups excluding carboxylic acids is 1. The van der Waals surface area contributed by atoms with Crippen molar-refractivity contribution >= 4 is 45.5 Å². The van der Waals surface area contributed by atoms with Gasteiger partial charge in [0.05, 0.1) is 16.9 Å². The molecular formula is C19H15IN2O3. The van der Waals surface area contributed by atoms with Crippen LogP contribution >= 0.6 is 22.6 Å². The van der Waals surface area contributed by atoms with Crippen LogP contribution in [0.25, 0.3) is 10.8 Å². The van der Waals surface area contributed by atoms with Gasteiger partial charge in [0.2, 0.25) is 0 Å². The number of hydrogen-bond donors (Lipinski definition) is 2. The molecule has 126 valence electrons. The highest BCUT2D eigenvalue weighted by Gasteiger charge is 2.08. The van der Waals surface area contributed by atoms with Crippen molar-refractivity contribution in [3.05, 3.63) is 69.3 Å². The number of carbonyl (C=O) groups is 1. The van der Waals surface area contributed by atoms with Crippen molar-refractivity contribution in [1.82, 2.24) is 5.43 Å². The maximum atomic E-state index is 12.2. The zero-order chi connectivity index (χ0) is 17.8. The molecule has 2 N–H and O–H groups in total. The van der Waals surface area contributed by atoms with Gasteiger partial charge in [-0.1, -0.05) is 30.3 Å². The first-order chi connectivity index (χ1) is 12.1. The quantitative estimate of drug-likeness (QED) is 0.363. The third-order valence-corrected chi connectivity index (χ3v) is 4.56. The second-order valence-electron chi connectivity index (χ2n) is 5.27. The SMILES string of the molecule is COc1ccc(C(=O)N/N=C/c2c(O)ccc3ccccc23)cc1I. The Labute approximate surface area is 158 Å². The van der Waals surface area contributed by atoms with Crippen molar-refractivity contribution in [3.8, 4) is 11.5 Å². The Kier molecular flexibility index (Phi) is 5.18. The molecule has 0 aromatic heterocycles. The summed E-state index contributed by atoms with van der Waals surface area (Å²) in [5.74, 6) is 0.480. The number of amides is 1. The maximum Gasteiger partial charge on any atom is 0.271 e. The van der Waals surface area contributed by atoms with E-state index in [1.165, 1.54) is 6.21 Å². The van der Waals surface area contributed by atoms with Gasteiger partial charge in [0.15, 0.2) is 0 Å². The van der Waals surface area contributed by atoms with Crippen LogP contribution in [0.1, 0.15) is 15.9 Å². The molecule has 5 nitrogen and oxygen atoms in total. The maximum absolute atomic E-state index is 12.2. The molecule has 0 fully saturated rings. The van der Waals surface area contributed by atoms with Gasteiger partial charge in [0.1, 0.15) is 11.5 Å². The fourth-order valence-electron chi connectivity index (χ4n) is 2.45. The van der Waals surface area contributed by atoms with Gasteiger partial charge < -0.3 is 9.84 Å². The highest BCUT2D eigenvalue weighted by Crippen LogP contribution is 2.25. The van der Waals surface area contributed by atoms with Crippen LogP contribution in [0.4, 0.5) is 0 Å². The molecule has 25 heavy (non-hydrogen) atoms. The van der Waals surface area contributed by atoms with Crippen molar-refractivity contribution in [2.75, 3.05) is 7.11 Å². The number of aromatic hydroxyl groups is 1. The van der Waals surface area contributed by atoms with Crippen molar-refractivity contribution in [3.63, 3.8) is 0 Å². The van der Waals surface area contributed by atoms with E-state index >= 15 is 0 Å². The molecule has 0 spiro atoms. The van der Waals surface area contributed by atoms with Crippen LogP contribution < -0.4 is 10.2 Å². The van der Waals surface area contributed by atoms with Gasteiger partial charge >= 0.3 is 0 Å². The van der Waals surface area contributed by atoms with Crippen LogP contribution in [0.2, 0.25) is 0 Å². The first-order valence-electron chi connectivity index (χ1n) is 7.48. The molecule has 0 heterocycles. The Morgan fingerprint density at radius 2 is 2.00 bits per heavy atom. The van der Waals surface area contributed by atoms with E-state index in [-0.39, 0.29) is 11.7 Å². The molecule has 0 bridgehead atoms. The van der Waals surface area contributed by atoms with E-state index in [4.69, 9.17) is 4.74 Å². The highest BCUT2D eigenvalue weighted by atomic mass is 127. The summed E-state index contributed by atoms with van der Waals surface area (Å²) in [6.45, 7) is 0. The molecule has 3 aromatic rings. The van der Waals surface area contributed by atoms with Crippen LogP contribution in [0.15, 0.2) is 59.7 Å². The van der Waals surface area contributed by atoms with E-state index < -0.39 is 0 Å². The molecular weight excluding hydrogens is 431 g/mol. The van der Waals surface area contributed by atoms with Crippen LogP contribution in [-0.4, -0.2) is 24.3 Å². The van der Waals surface area contributed by atoms with E-state index in [1.54, 1.807) is 31.4 Å². The van der Waals surface area contributed by atoms with Crippen LogP contribution in [0.5, 0.6) is 11.5 Å². The third-order valence-electron chi connectivity index (χ3n) is 3.72. The number of fused-ring (bicyclic) bond motifs is 1. The van der Waals surface area contributed by atoms with Crippen molar-refractivity contribution in [1.29, 1.82) is 0 Å². The van der Waals surface area contributed by atoms with E-state index in [0.717, 1.165) is 14.3 Å². The average molecular weight is 446 g/mol. The van der Waals surface area contributed by atoms with Crippen LogP contribution in [0, 0.1) is 3.57 Å². The standard InChI is InChI=1S/C19H15IN2O3/c1-25-18-9-7-13(10-16(18)20)19(24)22-21-11-15-14-5-3-2-4-12(14)6-8-17(15)23/h2-11,23H,1H3,(H,22,24)/b21-11+. The second-order valence-corrected chi connectivity index (χ2v) is 6.43. The molecule has 3 rings (SSSR count). The molecule has 0 saturated carbocycles. The topological polar surface area (TPSA) is 70.9 Å². The number of nitrogens with one attached hydrogen (secondary N) is 1. The lowest BCUT2D eigenvalue weighted by Gasteiger charge is -2.06. The Bertz CT molecular complexity index is 970. The predicted molar refractivity (Wildman–Crippen MR) is 106 cm³/mol. The molecule has 0 aliphatic rings. The van der Waals surface area contributed by atoms with Crippen molar-refractivity contribution < 1.29 is 14.6 Å². The number of nitrogens with zero attached hydrogens (tertiary/aromatic N) is 1. The molecule has 0 atom stereocenters. The molecule has 3 aromatic carbocycles. The third kappa shape index (κ3) is 3.74. The van der Waals surface area contributed by atoms with Gasteiger partial charge in [-0.15, -0.1) is 0 Å². The van der Waals surface area contributed by atoms with Gasteiger partial charge in [-0.3, -0.25) is 4.79 Å². The first kappa shape index (κ1) is 17.2. The zero-order valence-electron chi connectivity index (χ0n) is 13.4. The van der Waals surface area contributed by atoms with Gasteiger partial charge in [-0.25, -0.2) is 5.43 Å². The Morgan fingerprint density at radius 3 is 2.76 bits per heavy atom. The molecule has 1 amide bonds. The predicted octanol–water partition coefficient (Wildman–Crippen LogP) is 3.92. The van der Waals surface area contributed by atoms with E-state index in [9.17, 15) is 9.90 Å². The molecule has 0 aliphatic carbocycles. The molecule has 0 unspecified atom stereocenters.